The minimum absolute atomic E-state index is 0. The molecular weight excluding hydrogens is 130 g/mol. The number of allylic oxidation sites excluding steroid dienone is 1. The van der Waals surface area contributed by atoms with E-state index >= 15 is 0 Å². The van der Waals surface area contributed by atoms with Gasteiger partial charge in [0.25, 0.3) is 0 Å². The molecule has 1 rings (SSSR count). The summed E-state index contributed by atoms with van der Waals surface area (Å²) >= 11 is 0. The molecule has 4 radical (unpaired) electrons. The van der Waals surface area contributed by atoms with E-state index < -0.39 is 0 Å². The molecule has 0 bridgehead atoms. The molecule has 1 aliphatic rings. The zero-order chi connectivity index (χ0) is 3.54. The summed E-state index contributed by atoms with van der Waals surface area (Å²) < 4.78 is 0. The van der Waals surface area contributed by atoms with Crippen molar-refractivity contribution in [1.29, 1.82) is 0 Å². The third-order valence-electron chi connectivity index (χ3n) is 0.496. The van der Waals surface area contributed by atoms with Crippen LogP contribution in [-0.4, -0.2) is 19.8 Å². The first-order valence-electron chi connectivity index (χ1n) is 1.58. The van der Waals surface area contributed by atoms with Crippen molar-refractivity contribution in [2.75, 3.05) is 0 Å². The van der Waals surface area contributed by atoms with Crippen molar-refractivity contribution in [3.8, 4) is 0 Å². The molecule has 0 fully saturated rings. The van der Waals surface area contributed by atoms with Gasteiger partial charge in [-0.3, -0.25) is 0 Å². The maximum absolute atomic E-state index is 2.86. The van der Waals surface area contributed by atoms with Crippen molar-refractivity contribution in [3.63, 3.8) is 0 Å². The van der Waals surface area contributed by atoms with E-state index in [4.69, 9.17) is 0 Å². The Morgan fingerprint density at radius 2 is 2.50 bits per heavy atom. The van der Waals surface area contributed by atoms with Crippen LogP contribution in [0.4, 0.5) is 0 Å². The van der Waals surface area contributed by atoms with Crippen molar-refractivity contribution in [3.05, 3.63) is 30.7 Å². The first kappa shape index (κ1) is 6.03. The molecule has 0 aliphatic heterocycles. The van der Waals surface area contributed by atoms with Gasteiger partial charge in [0.15, 0.2) is 0 Å². The predicted octanol–water partition coefficient (Wildman–Crippen LogP) is 1.23. The number of rotatable bonds is 0. The molecule has 6 heavy (non-hydrogen) atoms. The van der Waals surface area contributed by atoms with Gasteiger partial charge in [-0.1, -0.05) is 6.42 Å². The predicted molar refractivity (Wildman–Crippen MR) is 31.2 cm³/mol. The summed E-state index contributed by atoms with van der Waals surface area (Å²) in [6, 6.07) is 0. The normalized spacial score (nSPS) is 13.3. The van der Waals surface area contributed by atoms with Crippen molar-refractivity contribution < 1.29 is 2.85 Å². The van der Waals surface area contributed by atoms with Crippen molar-refractivity contribution >= 4 is 19.8 Å². The average Bonchev–Trinajstić information content (AvgIpc) is 1.76. The van der Waals surface area contributed by atoms with E-state index in [2.05, 4.69) is 5.73 Å². The van der Waals surface area contributed by atoms with E-state index in [1.165, 1.54) is 0 Å². The molecule has 0 amide bonds. The topological polar surface area (TPSA) is 0 Å². The second-order valence-electron chi connectivity index (χ2n) is 0.885. The molecule has 0 atom stereocenters. The first-order chi connectivity index (χ1) is 2.50. The van der Waals surface area contributed by atoms with Crippen LogP contribution in [0.15, 0.2) is 17.9 Å². The summed E-state index contributed by atoms with van der Waals surface area (Å²) in [6.45, 7) is 0. The van der Waals surface area contributed by atoms with Crippen molar-refractivity contribution in [2.24, 2.45) is 0 Å². The molecule has 0 unspecified atom stereocenters. The molecular formula is C5H8Ga-. The minimum atomic E-state index is 0. The Balaban J connectivity index is -0.0000000833. The Kier molecular flexibility index (Phi) is 3.24. The Morgan fingerprint density at radius 3 is 2.67 bits per heavy atom. The summed E-state index contributed by atoms with van der Waals surface area (Å²) in [5.74, 6) is 0. The van der Waals surface area contributed by atoms with Gasteiger partial charge in [0.1, 0.15) is 0 Å². The van der Waals surface area contributed by atoms with Crippen LogP contribution in [-0.2, 0) is 0 Å². The quantitative estimate of drug-likeness (QED) is 0.268. The molecule has 32 valence electrons. The Morgan fingerprint density at radius 1 is 1.67 bits per heavy atom. The molecule has 0 saturated heterocycles. The van der Waals surface area contributed by atoms with E-state index in [-0.39, 0.29) is 22.6 Å². The molecule has 0 N–H and O–H groups in total. The van der Waals surface area contributed by atoms with Crippen LogP contribution >= 0.6 is 0 Å². The largest absolute Gasteiger partial charge is 0.354 e. The van der Waals surface area contributed by atoms with Gasteiger partial charge < -0.3 is 5.73 Å². The van der Waals surface area contributed by atoms with Crippen LogP contribution in [0.5, 0.6) is 0 Å². The van der Waals surface area contributed by atoms with E-state index in [1.54, 1.807) is 0 Å². The van der Waals surface area contributed by atoms with Gasteiger partial charge >= 0.3 is 0 Å². The van der Waals surface area contributed by atoms with Crippen LogP contribution in [0, 0.1) is 12.8 Å². The molecule has 0 aromatic heterocycles. The van der Waals surface area contributed by atoms with Gasteiger partial charge in [0.05, 0.1) is 0 Å². The van der Waals surface area contributed by atoms with Crippen molar-refractivity contribution in [2.45, 2.75) is 0 Å². The van der Waals surface area contributed by atoms with Gasteiger partial charge in [0.2, 0.25) is 0 Å². The third-order valence-corrected chi connectivity index (χ3v) is 0.496. The van der Waals surface area contributed by atoms with Gasteiger partial charge in [0, 0.05) is 22.6 Å². The van der Waals surface area contributed by atoms with Gasteiger partial charge in [-0.15, -0.1) is 0 Å². The summed E-state index contributed by atoms with van der Waals surface area (Å²) in [5, 5.41) is 0. The van der Waals surface area contributed by atoms with E-state index in [1.807, 2.05) is 25.0 Å². The van der Waals surface area contributed by atoms with Crippen LogP contribution < -0.4 is 0 Å². The van der Waals surface area contributed by atoms with Crippen molar-refractivity contribution in [1.82, 2.24) is 0 Å². The maximum Gasteiger partial charge on any atom is 0 e. The number of hydrogen-bond donors (Lipinski definition) is 0. The van der Waals surface area contributed by atoms with Crippen LogP contribution in [0.3, 0.4) is 0 Å². The van der Waals surface area contributed by atoms with E-state index in [0.717, 1.165) is 0 Å². The fourth-order valence-corrected chi connectivity index (χ4v) is 0.278. The second kappa shape index (κ2) is 3.23. The van der Waals surface area contributed by atoms with Crippen LogP contribution in [0.1, 0.15) is 2.85 Å². The van der Waals surface area contributed by atoms with E-state index in [0.29, 0.717) is 0 Å². The Bertz CT molecular complexity index is 76.4. The average molecular weight is 138 g/mol. The molecule has 1 heteroatoms. The van der Waals surface area contributed by atoms with E-state index in [9.17, 15) is 0 Å². The fourth-order valence-electron chi connectivity index (χ4n) is 0.278. The first-order valence-corrected chi connectivity index (χ1v) is 1.58. The molecule has 0 heterocycles. The molecule has 0 saturated carbocycles. The summed E-state index contributed by atoms with van der Waals surface area (Å²) in [4.78, 5) is 0. The summed E-state index contributed by atoms with van der Waals surface area (Å²) in [5.41, 5.74) is 2.86. The SMILES string of the molecule is C1=C[CH][CH-]C=1.[Ga].[HH].[HH]. The Labute approximate surface area is 54.0 Å². The zero-order valence-electron chi connectivity index (χ0n) is 3.39. The standard InChI is InChI=1S/C5H4.Ga.2H2/c1-2-4-5-3-1;;;/h1-4H;;2*1H/q-1;;;. The monoisotopic (exact) mass is 137 g/mol. The fraction of sp³-hybridized carbons (Fsp3) is 0. The van der Waals surface area contributed by atoms with Gasteiger partial charge in [-0.05, 0) is 0 Å². The summed E-state index contributed by atoms with van der Waals surface area (Å²) in [6.07, 6.45) is 7.64. The molecule has 0 nitrogen and oxygen atoms in total. The van der Waals surface area contributed by atoms with Gasteiger partial charge in [-0.25, -0.2) is 12.5 Å². The molecule has 0 aromatic carbocycles. The van der Waals surface area contributed by atoms with Crippen LogP contribution in [0.25, 0.3) is 0 Å². The smallest absolute Gasteiger partial charge is 0 e. The number of hydrogen-bond acceptors (Lipinski definition) is 0. The molecule has 1 aliphatic carbocycles. The molecule has 0 spiro atoms. The molecule has 0 aromatic rings. The maximum atomic E-state index is 2.86. The minimum Gasteiger partial charge on any atom is -0.354 e. The van der Waals surface area contributed by atoms with Crippen LogP contribution in [0.2, 0.25) is 0 Å². The summed E-state index contributed by atoms with van der Waals surface area (Å²) in [7, 11) is 0. The zero-order valence-corrected chi connectivity index (χ0v) is 5.81. The third kappa shape index (κ3) is 1.46. The van der Waals surface area contributed by atoms with Gasteiger partial charge in [-0.2, -0.15) is 6.08 Å². The second-order valence-corrected chi connectivity index (χ2v) is 0.885. The Hall–Kier alpha value is 0.0264.